The molecular formula is C16H32N2O. The predicted octanol–water partition coefficient (Wildman–Crippen LogP) is 2.51. The quantitative estimate of drug-likeness (QED) is 0.768. The average Bonchev–Trinajstić information content (AvgIpc) is 3.16. The van der Waals surface area contributed by atoms with Crippen molar-refractivity contribution in [3.8, 4) is 0 Å². The van der Waals surface area contributed by atoms with Crippen molar-refractivity contribution in [1.29, 1.82) is 0 Å². The van der Waals surface area contributed by atoms with E-state index in [2.05, 4.69) is 31.0 Å². The van der Waals surface area contributed by atoms with E-state index in [1.165, 1.54) is 45.3 Å². The maximum atomic E-state index is 5.29. The Hall–Kier alpha value is -0.120. The SMILES string of the molecule is CCC1CNC(C(C)C)CN1CC1(CCOC)CC1. The van der Waals surface area contributed by atoms with Gasteiger partial charge in [-0.05, 0) is 37.0 Å². The fourth-order valence-electron chi connectivity index (χ4n) is 3.34. The molecule has 3 nitrogen and oxygen atoms in total. The summed E-state index contributed by atoms with van der Waals surface area (Å²) in [6.45, 7) is 11.6. The predicted molar refractivity (Wildman–Crippen MR) is 80.4 cm³/mol. The molecule has 0 aromatic carbocycles. The van der Waals surface area contributed by atoms with Crippen molar-refractivity contribution in [2.45, 2.75) is 58.5 Å². The smallest absolute Gasteiger partial charge is 0.0468 e. The fourth-order valence-corrected chi connectivity index (χ4v) is 3.34. The topological polar surface area (TPSA) is 24.5 Å². The minimum absolute atomic E-state index is 0.586. The first-order chi connectivity index (χ1) is 9.10. The molecule has 1 aliphatic heterocycles. The van der Waals surface area contributed by atoms with Gasteiger partial charge in [-0.3, -0.25) is 4.90 Å². The minimum atomic E-state index is 0.586. The Kier molecular flexibility index (Phi) is 5.27. The van der Waals surface area contributed by atoms with Gasteiger partial charge in [0.15, 0.2) is 0 Å². The van der Waals surface area contributed by atoms with E-state index in [0.717, 1.165) is 18.6 Å². The van der Waals surface area contributed by atoms with Crippen LogP contribution in [0.5, 0.6) is 0 Å². The largest absolute Gasteiger partial charge is 0.385 e. The van der Waals surface area contributed by atoms with Crippen LogP contribution in [0, 0.1) is 11.3 Å². The van der Waals surface area contributed by atoms with Crippen molar-refractivity contribution in [2.24, 2.45) is 11.3 Å². The van der Waals surface area contributed by atoms with Gasteiger partial charge < -0.3 is 10.1 Å². The van der Waals surface area contributed by atoms with E-state index in [-0.39, 0.29) is 0 Å². The molecular weight excluding hydrogens is 236 g/mol. The van der Waals surface area contributed by atoms with Gasteiger partial charge in [0, 0.05) is 45.4 Å². The van der Waals surface area contributed by atoms with E-state index in [9.17, 15) is 0 Å². The second-order valence-electron chi connectivity index (χ2n) is 6.99. The summed E-state index contributed by atoms with van der Waals surface area (Å²) in [5.41, 5.74) is 0.586. The van der Waals surface area contributed by atoms with Crippen LogP contribution in [-0.2, 0) is 4.74 Å². The van der Waals surface area contributed by atoms with Crippen molar-refractivity contribution in [3.05, 3.63) is 0 Å². The second kappa shape index (κ2) is 6.55. The lowest BCUT2D eigenvalue weighted by Crippen LogP contribution is -2.58. The van der Waals surface area contributed by atoms with E-state index < -0.39 is 0 Å². The molecule has 112 valence electrons. The van der Waals surface area contributed by atoms with E-state index in [1.54, 1.807) is 0 Å². The first-order valence-corrected chi connectivity index (χ1v) is 8.06. The molecule has 0 aromatic heterocycles. The van der Waals surface area contributed by atoms with Gasteiger partial charge in [0.1, 0.15) is 0 Å². The van der Waals surface area contributed by atoms with Crippen LogP contribution in [0.15, 0.2) is 0 Å². The van der Waals surface area contributed by atoms with Crippen LogP contribution in [0.25, 0.3) is 0 Å². The van der Waals surface area contributed by atoms with E-state index in [4.69, 9.17) is 4.74 Å². The zero-order valence-corrected chi connectivity index (χ0v) is 13.2. The molecule has 19 heavy (non-hydrogen) atoms. The maximum absolute atomic E-state index is 5.29. The maximum Gasteiger partial charge on any atom is 0.0468 e. The van der Waals surface area contributed by atoms with Gasteiger partial charge in [0.2, 0.25) is 0 Å². The van der Waals surface area contributed by atoms with Crippen LogP contribution < -0.4 is 5.32 Å². The van der Waals surface area contributed by atoms with Gasteiger partial charge in [-0.2, -0.15) is 0 Å². The highest BCUT2D eigenvalue weighted by atomic mass is 16.5. The van der Waals surface area contributed by atoms with Crippen LogP contribution in [0.2, 0.25) is 0 Å². The lowest BCUT2D eigenvalue weighted by molar-refractivity contribution is 0.0760. The molecule has 1 N–H and O–H groups in total. The lowest BCUT2D eigenvalue weighted by Gasteiger charge is -2.43. The van der Waals surface area contributed by atoms with Gasteiger partial charge in [0.25, 0.3) is 0 Å². The highest BCUT2D eigenvalue weighted by Gasteiger charge is 2.45. The Morgan fingerprint density at radius 1 is 1.37 bits per heavy atom. The normalized spacial score (nSPS) is 30.8. The molecule has 1 saturated heterocycles. The van der Waals surface area contributed by atoms with Crippen molar-refractivity contribution >= 4 is 0 Å². The number of nitrogens with zero attached hydrogens (tertiary/aromatic N) is 1. The molecule has 2 unspecified atom stereocenters. The molecule has 1 heterocycles. The highest BCUT2D eigenvalue weighted by molar-refractivity contribution is 4.98. The molecule has 0 amide bonds. The van der Waals surface area contributed by atoms with Crippen molar-refractivity contribution < 1.29 is 4.74 Å². The first-order valence-electron chi connectivity index (χ1n) is 8.06. The summed E-state index contributed by atoms with van der Waals surface area (Å²) in [5.74, 6) is 0.731. The van der Waals surface area contributed by atoms with Crippen LogP contribution in [0.1, 0.15) is 46.5 Å². The Labute approximate surface area is 119 Å². The average molecular weight is 268 g/mol. The molecule has 3 heteroatoms. The minimum Gasteiger partial charge on any atom is -0.385 e. The third-order valence-electron chi connectivity index (χ3n) is 5.17. The van der Waals surface area contributed by atoms with E-state index in [0.29, 0.717) is 11.5 Å². The van der Waals surface area contributed by atoms with Crippen LogP contribution in [0.3, 0.4) is 0 Å². The first kappa shape index (κ1) is 15.3. The molecule has 0 radical (unpaired) electrons. The van der Waals surface area contributed by atoms with Crippen molar-refractivity contribution in [3.63, 3.8) is 0 Å². The zero-order valence-electron chi connectivity index (χ0n) is 13.2. The fraction of sp³-hybridized carbons (Fsp3) is 1.00. The molecule has 2 aliphatic rings. The van der Waals surface area contributed by atoms with Gasteiger partial charge in [-0.25, -0.2) is 0 Å². The van der Waals surface area contributed by atoms with Gasteiger partial charge in [0.05, 0.1) is 0 Å². The van der Waals surface area contributed by atoms with Crippen LogP contribution >= 0.6 is 0 Å². The molecule has 1 aliphatic carbocycles. The number of nitrogens with one attached hydrogen (secondary N) is 1. The van der Waals surface area contributed by atoms with Crippen molar-refractivity contribution in [2.75, 3.05) is 33.4 Å². The Balaban J connectivity index is 1.91. The Morgan fingerprint density at radius 2 is 2.11 bits per heavy atom. The molecule has 2 fully saturated rings. The molecule has 1 saturated carbocycles. The van der Waals surface area contributed by atoms with Crippen LogP contribution in [-0.4, -0.2) is 50.3 Å². The molecule has 2 rings (SSSR count). The number of rotatable bonds is 7. The summed E-state index contributed by atoms with van der Waals surface area (Å²) in [4.78, 5) is 2.77. The molecule has 0 spiro atoms. The third kappa shape index (κ3) is 3.93. The summed E-state index contributed by atoms with van der Waals surface area (Å²) >= 11 is 0. The Bertz CT molecular complexity index is 276. The summed E-state index contributed by atoms with van der Waals surface area (Å²) in [7, 11) is 1.82. The highest BCUT2D eigenvalue weighted by Crippen LogP contribution is 2.49. The molecule has 2 atom stereocenters. The molecule has 0 aromatic rings. The molecule has 0 bridgehead atoms. The second-order valence-corrected chi connectivity index (χ2v) is 6.99. The number of hydrogen-bond acceptors (Lipinski definition) is 3. The van der Waals surface area contributed by atoms with Gasteiger partial charge in [-0.1, -0.05) is 20.8 Å². The summed E-state index contributed by atoms with van der Waals surface area (Å²) < 4.78 is 5.29. The third-order valence-corrected chi connectivity index (χ3v) is 5.17. The standard InChI is InChI=1S/C16H32N2O/c1-5-14-10-17-15(13(2)3)11-18(14)12-16(6-7-16)8-9-19-4/h13-15,17H,5-12H2,1-4H3. The van der Waals surface area contributed by atoms with E-state index >= 15 is 0 Å². The van der Waals surface area contributed by atoms with Gasteiger partial charge >= 0.3 is 0 Å². The summed E-state index contributed by atoms with van der Waals surface area (Å²) in [5, 5.41) is 3.73. The van der Waals surface area contributed by atoms with Crippen LogP contribution in [0.4, 0.5) is 0 Å². The van der Waals surface area contributed by atoms with Crippen molar-refractivity contribution in [1.82, 2.24) is 10.2 Å². The summed E-state index contributed by atoms with van der Waals surface area (Å²) in [6.07, 6.45) is 5.32. The monoisotopic (exact) mass is 268 g/mol. The Morgan fingerprint density at radius 3 is 2.63 bits per heavy atom. The number of methoxy groups -OCH3 is 1. The lowest BCUT2D eigenvalue weighted by atomic mass is 9.95. The summed E-state index contributed by atoms with van der Waals surface area (Å²) in [6, 6.07) is 1.40. The van der Waals surface area contributed by atoms with Gasteiger partial charge in [-0.15, -0.1) is 0 Å². The number of ether oxygens (including phenoxy) is 1. The zero-order chi connectivity index (χ0) is 13.9. The number of piperazine rings is 1. The van der Waals surface area contributed by atoms with E-state index in [1.807, 2.05) is 7.11 Å². The number of hydrogen-bond donors (Lipinski definition) is 1.